The number of halogens is 1. The van der Waals surface area contributed by atoms with Crippen molar-refractivity contribution in [1.29, 1.82) is 0 Å². The van der Waals surface area contributed by atoms with Crippen LogP contribution >= 0.6 is 0 Å². The Bertz CT molecular complexity index is 610. The number of ether oxygens (including phenoxy) is 1. The summed E-state index contributed by atoms with van der Waals surface area (Å²) in [5.74, 6) is 0.814. The van der Waals surface area contributed by atoms with Crippen LogP contribution in [0.1, 0.15) is 26.2 Å². The molecule has 3 rings (SSSR count). The van der Waals surface area contributed by atoms with Gasteiger partial charge in [0, 0.05) is 53.0 Å². The number of guanidine groups is 1. The predicted octanol–water partition coefficient (Wildman–Crippen LogP) is 2.73. The number of para-hydroxylation sites is 1. The minimum absolute atomic E-state index is 0.145. The molecular formula is C20H31FN4O. The molecule has 26 heavy (non-hydrogen) atoms. The van der Waals surface area contributed by atoms with Crippen LogP contribution in [0.5, 0.6) is 0 Å². The van der Waals surface area contributed by atoms with E-state index in [1.165, 1.54) is 18.9 Å². The average molecular weight is 362 g/mol. The Morgan fingerprint density at radius 3 is 2.58 bits per heavy atom. The molecule has 1 aromatic rings. The van der Waals surface area contributed by atoms with E-state index in [0.29, 0.717) is 11.1 Å². The lowest BCUT2D eigenvalue weighted by atomic mass is 10.0. The van der Waals surface area contributed by atoms with E-state index in [2.05, 4.69) is 20.1 Å². The molecule has 2 aliphatic rings. The zero-order chi connectivity index (χ0) is 18.4. The molecule has 5 nitrogen and oxygen atoms in total. The van der Waals surface area contributed by atoms with Crippen LogP contribution in [-0.2, 0) is 4.74 Å². The maximum atomic E-state index is 14.0. The number of aliphatic imine (C=N–C) groups is 1. The third-order valence-electron chi connectivity index (χ3n) is 5.54. The van der Waals surface area contributed by atoms with E-state index in [9.17, 15) is 4.39 Å². The summed E-state index contributed by atoms with van der Waals surface area (Å²) in [6, 6.07) is 7.01. The van der Waals surface area contributed by atoms with Gasteiger partial charge in [0.05, 0.1) is 5.69 Å². The van der Waals surface area contributed by atoms with E-state index in [0.717, 1.165) is 58.3 Å². The fourth-order valence-electron chi connectivity index (χ4n) is 3.59. The van der Waals surface area contributed by atoms with E-state index in [1.807, 2.05) is 26.1 Å². The van der Waals surface area contributed by atoms with Crippen molar-refractivity contribution in [1.82, 2.24) is 10.2 Å². The van der Waals surface area contributed by atoms with Crippen LogP contribution in [0.15, 0.2) is 29.3 Å². The van der Waals surface area contributed by atoms with Crippen molar-refractivity contribution >= 4 is 11.6 Å². The summed E-state index contributed by atoms with van der Waals surface area (Å²) < 4.78 is 19.5. The molecule has 1 heterocycles. The molecule has 1 saturated heterocycles. The lowest BCUT2D eigenvalue weighted by molar-refractivity contribution is 0.128. The average Bonchev–Trinajstić information content (AvgIpc) is 3.44. The number of rotatable bonds is 7. The van der Waals surface area contributed by atoms with Crippen LogP contribution in [0.2, 0.25) is 0 Å². The van der Waals surface area contributed by atoms with E-state index in [-0.39, 0.29) is 5.82 Å². The number of hydrogen-bond donors (Lipinski definition) is 1. The molecule has 0 amide bonds. The van der Waals surface area contributed by atoms with Crippen molar-refractivity contribution in [2.75, 3.05) is 57.9 Å². The lowest BCUT2D eigenvalue weighted by Crippen LogP contribution is -2.53. The van der Waals surface area contributed by atoms with E-state index in [4.69, 9.17) is 4.74 Å². The summed E-state index contributed by atoms with van der Waals surface area (Å²) in [7, 11) is 1.84. The topological polar surface area (TPSA) is 40.1 Å². The van der Waals surface area contributed by atoms with Gasteiger partial charge in [-0.3, -0.25) is 4.99 Å². The summed E-state index contributed by atoms with van der Waals surface area (Å²) in [6.45, 7) is 7.94. The Labute approximate surface area is 156 Å². The highest BCUT2D eigenvalue weighted by Gasteiger charge is 2.42. The van der Waals surface area contributed by atoms with Crippen LogP contribution in [-0.4, -0.2) is 63.8 Å². The van der Waals surface area contributed by atoms with Gasteiger partial charge in [0.1, 0.15) is 5.82 Å². The highest BCUT2D eigenvalue weighted by Crippen LogP contribution is 2.48. The van der Waals surface area contributed by atoms with Crippen LogP contribution < -0.4 is 10.2 Å². The molecule has 0 aromatic heterocycles. The largest absolute Gasteiger partial charge is 0.382 e. The smallest absolute Gasteiger partial charge is 0.193 e. The molecule has 2 fully saturated rings. The highest BCUT2D eigenvalue weighted by atomic mass is 19.1. The molecule has 0 radical (unpaired) electrons. The summed E-state index contributed by atoms with van der Waals surface area (Å²) in [5, 5.41) is 3.56. The van der Waals surface area contributed by atoms with Crippen molar-refractivity contribution in [3.05, 3.63) is 30.1 Å². The minimum Gasteiger partial charge on any atom is -0.382 e. The second-order valence-corrected chi connectivity index (χ2v) is 7.27. The first kappa shape index (κ1) is 19.0. The molecular weight excluding hydrogens is 331 g/mol. The molecule has 0 unspecified atom stereocenters. The molecule has 1 aliphatic heterocycles. The van der Waals surface area contributed by atoms with Gasteiger partial charge in [0.25, 0.3) is 0 Å². The van der Waals surface area contributed by atoms with Gasteiger partial charge in [0.15, 0.2) is 5.96 Å². The van der Waals surface area contributed by atoms with E-state index >= 15 is 0 Å². The number of nitrogens with zero attached hydrogens (tertiary/aromatic N) is 3. The van der Waals surface area contributed by atoms with Gasteiger partial charge in [0.2, 0.25) is 0 Å². The summed E-state index contributed by atoms with van der Waals surface area (Å²) in [5.41, 5.74) is 1.09. The molecule has 1 N–H and O–H groups in total. The van der Waals surface area contributed by atoms with Gasteiger partial charge < -0.3 is 19.9 Å². The van der Waals surface area contributed by atoms with E-state index in [1.54, 1.807) is 6.07 Å². The Morgan fingerprint density at radius 1 is 1.23 bits per heavy atom. The lowest BCUT2D eigenvalue weighted by Gasteiger charge is -2.38. The van der Waals surface area contributed by atoms with Crippen LogP contribution in [0.4, 0.5) is 10.1 Å². The quantitative estimate of drug-likeness (QED) is 0.460. The first-order valence-electron chi connectivity index (χ1n) is 9.70. The van der Waals surface area contributed by atoms with Gasteiger partial charge in [-0.1, -0.05) is 12.1 Å². The molecule has 1 aromatic carbocycles. The number of hydrogen-bond acceptors (Lipinski definition) is 3. The second kappa shape index (κ2) is 8.71. The van der Waals surface area contributed by atoms with Gasteiger partial charge in [-0.2, -0.15) is 0 Å². The van der Waals surface area contributed by atoms with Crippen LogP contribution in [0.3, 0.4) is 0 Å². The molecule has 0 spiro atoms. The molecule has 0 atom stereocenters. The Hall–Kier alpha value is -1.82. The zero-order valence-electron chi connectivity index (χ0n) is 16.0. The third-order valence-corrected chi connectivity index (χ3v) is 5.54. The third kappa shape index (κ3) is 4.67. The molecule has 144 valence electrons. The molecule has 6 heteroatoms. The van der Waals surface area contributed by atoms with Gasteiger partial charge >= 0.3 is 0 Å². The monoisotopic (exact) mass is 362 g/mol. The predicted molar refractivity (Wildman–Crippen MR) is 104 cm³/mol. The van der Waals surface area contributed by atoms with Crippen LogP contribution in [0, 0.1) is 11.2 Å². The number of piperazine rings is 1. The Morgan fingerprint density at radius 2 is 1.96 bits per heavy atom. The number of anilines is 1. The van der Waals surface area contributed by atoms with Crippen molar-refractivity contribution in [2.24, 2.45) is 10.4 Å². The molecule has 1 aliphatic carbocycles. The van der Waals surface area contributed by atoms with E-state index < -0.39 is 0 Å². The maximum Gasteiger partial charge on any atom is 0.193 e. The number of benzene rings is 1. The highest BCUT2D eigenvalue weighted by molar-refractivity contribution is 5.80. The van der Waals surface area contributed by atoms with Crippen LogP contribution in [0.25, 0.3) is 0 Å². The minimum atomic E-state index is -0.145. The first-order valence-corrected chi connectivity index (χ1v) is 9.70. The van der Waals surface area contributed by atoms with Gasteiger partial charge in [-0.05, 0) is 43.7 Å². The molecule has 1 saturated carbocycles. The summed E-state index contributed by atoms with van der Waals surface area (Å²) in [6.07, 6.45) is 3.65. The zero-order valence-corrected chi connectivity index (χ0v) is 16.0. The van der Waals surface area contributed by atoms with Gasteiger partial charge in [-0.15, -0.1) is 0 Å². The summed E-state index contributed by atoms with van der Waals surface area (Å²) >= 11 is 0. The second-order valence-electron chi connectivity index (χ2n) is 7.27. The first-order chi connectivity index (χ1) is 12.7. The van der Waals surface area contributed by atoms with Crippen molar-refractivity contribution < 1.29 is 9.13 Å². The standard InChI is InChI=1S/C20H31FN4O/c1-3-26-15-10-20(8-9-20)16-23-19(22-2)25-13-11-24(12-14-25)18-7-5-4-6-17(18)21/h4-7H,3,8-16H2,1-2H3,(H,22,23). The maximum absolute atomic E-state index is 14.0. The number of nitrogens with one attached hydrogen (secondary N) is 1. The Balaban J connectivity index is 1.48. The fourth-order valence-corrected chi connectivity index (χ4v) is 3.59. The summed E-state index contributed by atoms with van der Waals surface area (Å²) in [4.78, 5) is 8.85. The fraction of sp³-hybridized carbons (Fsp3) is 0.650. The van der Waals surface area contributed by atoms with Crippen molar-refractivity contribution in [2.45, 2.75) is 26.2 Å². The van der Waals surface area contributed by atoms with Gasteiger partial charge in [-0.25, -0.2) is 4.39 Å². The normalized spacial score (nSPS) is 19.6. The molecule has 0 bridgehead atoms. The van der Waals surface area contributed by atoms with Crippen molar-refractivity contribution in [3.8, 4) is 0 Å². The Kier molecular flexibility index (Phi) is 6.35. The van der Waals surface area contributed by atoms with Crippen molar-refractivity contribution in [3.63, 3.8) is 0 Å². The SMILES string of the molecule is CCOCCC1(CNC(=NC)N2CCN(c3ccccc3F)CC2)CC1.